The van der Waals surface area contributed by atoms with Crippen LogP contribution in [0.5, 0.6) is 17.2 Å². The fourth-order valence-corrected chi connectivity index (χ4v) is 4.68. The number of anilines is 2. The number of nitrogens with zero attached hydrogens (tertiary/aromatic N) is 3. The number of benzene rings is 2. The van der Waals surface area contributed by atoms with Crippen molar-refractivity contribution in [2.24, 2.45) is 0 Å². The molecule has 7 heteroatoms. The van der Waals surface area contributed by atoms with E-state index >= 15 is 0 Å². The average molecular weight is 431 g/mol. The predicted octanol–water partition coefficient (Wildman–Crippen LogP) is 4.11. The molecule has 1 aromatic heterocycles. The lowest BCUT2D eigenvalue weighted by Crippen LogP contribution is -2.23. The van der Waals surface area contributed by atoms with Gasteiger partial charge in [0.2, 0.25) is 11.7 Å². The maximum absolute atomic E-state index is 13.0. The average Bonchev–Trinajstić information content (AvgIpc) is 3.26. The van der Waals surface area contributed by atoms with Gasteiger partial charge in [0.15, 0.2) is 17.3 Å². The Hall–Kier alpha value is -3.61. The van der Waals surface area contributed by atoms with Gasteiger partial charge in [0, 0.05) is 24.8 Å². The summed E-state index contributed by atoms with van der Waals surface area (Å²) in [5.41, 5.74) is 4.79. The molecule has 0 amide bonds. The monoisotopic (exact) mass is 431 g/mol. The van der Waals surface area contributed by atoms with E-state index in [2.05, 4.69) is 28.1 Å². The van der Waals surface area contributed by atoms with Gasteiger partial charge in [-0.3, -0.25) is 4.79 Å². The van der Waals surface area contributed by atoms with Crippen molar-refractivity contribution in [3.8, 4) is 17.2 Å². The zero-order valence-electron chi connectivity index (χ0n) is 18.4. The van der Waals surface area contributed by atoms with Crippen LogP contribution in [0.25, 0.3) is 0 Å². The van der Waals surface area contributed by atoms with Crippen molar-refractivity contribution in [3.63, 3.8) is 0 Å². The summed E-state index contributed by atoms with van der Waals surface area (Å²) in [6, 6.07) is 12.1. The Morgan fingerprint density at radius 2 is 1.75 bits per heavy atom. The molecular weight excluding hydrogens is 406 g/mol. The van der Waals surface area contributed by atoms with E-state index in [1.54, 1.807) is 27.5 Å². The third kappa shape index (κ3) is 3.34. The van der Waals surface area contributed by atoms with Gasteiger partial charge in [-0.25, -0.2) is 9.97 Å². The van der Waals surface area contributed by atoms with Gasteiger partial charge in [-0.15, -0.1) is 0 Å². The lowest BCUT2D eigenvalue weighted by atomic mass is 9.82. The van der Waals surface area contributed by atoms with Gasteiger partial charge in [-0.2, -0.15) is 0 Å². The fourth-order valence-electron chi connectivity index (χ4n) is 4.68. The highest BCUT2D eigenvalue weighted by atomic mass is 16.5. The molecule has 1 aliphatic carbocycles. The third-order valence-electron chi connectivity index (χ3n) is 6.31. The van der Waals surface area contributed by atoms with Crippen molar-refractivity contribution >= 4 is 17.4 Å². The quantitative estimate of drug-likeness (QED) is 0.602. The first-order chi connectivity index (χ1) is 15.6. The molecule has 1 aliphatic heterocycles. The molecule has 7 nitrogen and oxygen atoms in total. The van der Waals surface area contributed by atoms with E-state index in [0.717, 1.165) is 29.9 Å². The molecule has 0 fully saturated rings. The second-order valence-corrected chi connectivity index (χ2v) is 8.05. The van der Waals surface area contributed by atoms with Crippen LogP contribution in [-0.4, -0.2) is 43.6 Å². The Balaban J connectivity index is 1.50. The largest absolute Gasteiger partial charge is 0.493 e. The second kappa shape index (κ2) is 8.15. The maximum atomic E-state index is 13.0. The molecule has 32 heavy (non-hydrogen) atoms. The lowest BCUT2D eigenvalue weighted by molar-refractivity contribution is 0.0962. The van der Waals surface area contributed by atoms with Crippen LogP contribution in [0.2, 0.25) is 0 Å². The van der Waals surface area contributed by atoms with E-state index in [4.69, 9.17) is 19.2 Å². The smallest absolute Gasteiger partial charge is 0.230 e. The summed E-state index contributed by atoms with van der Waals surface area (Å²) in [4.78, 5) is 24.5. The van der Waals surface area contributed by atoms with Crippen LogP contribution in [0.15, 0.2) is 42.6 Å². The first kappa shape index (κ1) is 20.3. The van der Waals surface area contributed by atoms with Crippen LogP contribution in [0.4, 0.5) is 11.6 Å². The SMILES string of the molecule is COc1cc(C2CC(=O)c3cnc(N4CCc5ccccc54)nc3C2)cc(OC)c1OC. The number of aromatic nitrogens is 2. The van der Waals surface area contributed by atoms with E-state index in [0.29, 0.717) is 41.6 Å². The number of Topliss-reactive ketones (excluding diaryl/α,β-unsaturated/α-hetero) is 1. The fraction of sp³-hybridized carbons (Fsp3) is 0.320. The Morgan fingerprint density at radius 3 is 2.47 bits per heavy atom. The number of para-hydroxylation sites is 1. The van der Waals surface area contributed by atoms with Gasteiger partial charge >= 0.3 is 0 Å². The minimum atomic E-state index is -0.0303. The molecular formula is C25H25N3O4. The molecule has 164 valence electrons. The zero-order valence-corrected chi connectivity index (χ0v) is 18.4. The van der Waals surface area contributed by atoms with E-state index in [1.165, 1.54) is 5.56 Å². The van der Waals surface area contributed by atoms with Crippen molar-refractivity contribution in [1.29, 1.82) is 0 Å². The Kier molecular flexibility index (Phi) is 5.17. The number of hydrogen-bond donors (Lipinski definition) is 0. The molecule has 0 saturated heterocycles. The van der Waals surface area contributed by atoms with Crippen molar-refractivity contribution in [2.75, 3.05) is 32.8 Å². The number of rotatable bonds is 5. The Morgan fingerprint density at radius 1 is 1.00 bits per heavy atom. The molecule has 1 unspecified atom stereocenters. The van der Waals surface area contributed by atoms with Gasteiger partial charge in [0.05, 0.1) is 32.6 Å². The van der Waals surface area contributed by atoms with Crippen LogP contribution < -0.4 is 19.1 Å². The Labute approximate surface area is 187 Å². The maximum Gasteiger partial charge on any atom is 0.230 e. The molecule has 1 atom stereocenters. The molecule has 0 radical (unpaired) electrons. The van der Waals surface area contributed by atoms with Crippen LogP contribution in [0, 0.1) is 0 Å². The summed E-state index contributed by atoms with van der Waals surface area (Å²) in [7, 11) is 4.76. The second-order valence-electron chi connectivity index (χ2n) is 8.05. The molecule has 2 heterocycles. The van der Waals surface area contributed by atoms with Gasteiger partial charge in [-0.05, 0) is 48.1 Å². The summed E-state index contributed by atoms with van der Waals surface area (Å²) in [5.74, 6) is 2.37. The molecule has 0 N–H and O–H groups in total. The van der Waals surface area contributed by atoms with Gasteiger partial charge in [0.25, 0.3) is 0 Å². The molecule has 3 aromatic rings. The van der Waals surface area contributed by atoms with E-state index in [-0.39, 0.29) is 11.7 Å². The number of methoxy groups -OCH3 is 3. The lowest BCUT2D eigenvalue weighted by Gasteiger charge is -2.26. The van der Waals surface area contributed by atoms with E-state index in [9.17, 15) is 4.79 Å². The summed E-state index contributed by atoms with van der Waals surface area (Å²) < 4.78 is 16.4. The minimum Gasteiger partial charge on any atom is -0.493 e. The van der Waals surface area contributed by atoms with Crippen LogP contribution >= 0.6 is 0 Å². The first-order valence-electron chi connectivity index (χ1n) is 10.7. The Bertz CT molecular complexity index is 1170. The topological polar surface area (TPSA) is 73.8 Å². The van der Waals surface area contributed by atoms with E-state index < -0.39 is 0 Å². The van der Waals surface area contributed by atoms with Crippen LogP contribution in [0.1, 0.15) is 39.5 Å². The molecule has 5 rings (SSSR count). The number of fused-ring (bicyclic) bond motifs is 2. The zero-order chi connectivity index (χ0) is 22.2. The molecule has 0 saturated carbocycles. The van der Waals surface area contributed by atoms with Crippen LogP contribution in [0.3, 0.4) is 0 Å². The summed E-state index contributed by atoms with van der Waals surface area (Å²) in [6.45, 7) is 0.836. The van der Waals surface area contributed by atoms with Crippen molar-refractivity contribution < 1.29 is 19.0 Å². The normalized spacial score (nSPS) is 17.0. The molecule has 2 aliphatic rings. The van der Waals surface area contributed by atoms with Gasteiger partial charge in [0.1, 0.15) is 0 Å². The number of carbonyl (C=O) groups is 1. The standard InChI is InChI=1S/C25H25N3O4/c1-30-22-12-17(13-23(31-2)24(22)32-3)16-10-19-18(21(29)11-16)14-26-25(27-19)28-9-8-15-6-4-5-7-20(15)28/h4-7,12-14,16H,8-11H2,1-3H3. The molecule has 2 aromatic carbocycles. The summed E-state index contributed by atoms with van der Waals surface area (Å²) >= 11 is 0. The third-order valence-corrected chi connectivity index (χ3v) is 6.31. The van der Waals surface area contributed by atoms with Crippen molar-refractivity contribution in [1.82, 2.24) is 9.97 Å². The van der Waals surface area contributed by atoms with Gasteiger partial charge < -0.3 is 19.1 Å². The number of hydrogen-bond acceptors (Lipinski definition) is 7. The first-order valence-corrected chi connectivity index (χ1v) is 10.7. The summed E-state index contributed by atoms with van der Waals surface area (Å²) in [6.07, 6.45) is 3.68. The highest BCUT2D eigenvalue weighted by Gasteiger charge is 2.31. The van der Waals surface area contributed by atoms with Gasteiger partial charge in [-0.1, -0.05) is 18.2 Å². The highest BCUT2D eigenvalue weighted by Crippen LogP contribution is 2.43. The number of ether oxygens (including phenoxy) is 3. The predicted molar refractivity (Wildman–Crippen MR) is 121 cm³/mol. The number of carbonyl (C=O) groups excluding carboxylic acids is 1. The van der Waals surface area contributed by atoms with E-state index in [1.807, 2.05) is 18.2 Å². The highest BCUT2D eigenvalue weighted by molar-refractivity contribution is 5.98. The summed E-state index contributed by atoms with van der Waals surface area (Å²) in [5, 5.41) is 0. The van der Waals surface area contributed by atoms with Crippen LogP contribution in [-0.2, 0) is 12.8 Å². The number of ketones is 1. The van der Waals surface area contributed by atoms with Crippen molar-refractivity contribution in [3.05, 3.63) is 65.0 Å². The molecule has 0 spiro atoms. The van der Waals surface area contributed by atoms with Crippen molar-refractivity contribution in [2.45, 2.75) is 25.2 Å². The minimum absolute atomic E-state index is 0.0303. The molecule has 0 bridgehead atoms.